The standard InChI is InChI=1S/C41H53F4N5O10S/c1-7-24-16-23(2)10-8-9-11-26-20-40(26,36(53)49-61(55,56)39(22-42)14-15-39)48-33(51)30-19-28(59-34-29-13-12-27(57-5)17-25(29)18-31(46-34)58-6)21-50(30)35(52)32(24)47-37(54)60-38(3,4)41(43,44)45/h9,11-13,17-18,23-24,26,28,30,32H,7-8,10,14-16,19-22H2,1-6H3,(H,47,54)(H,48,51)(H,49,53)/b11-9-/t23-,24+,26+,28+,30-,32-,40+/m0/s1. The van der Waals surface area contributed by atoms with Crippen molar-refractivity contribution in [2.75, 3.05) is 27.4 Å². The second-order valence-electron chi connectivity index (χ2n) is 17.1. The number of nitrogens with one attached hydrogen (secondary N) is 3. The normalized spacial score (nSPS) is 28.5. The zero-order valence-electron chi connectivity index (χ0n) is 34.9. The summed E-state index contributed by atoms with van der Waals surface area (Å²) in [6.07, 6.45) is -2.31. The number of rotatable bonds is 11. The molecule has 1 aromatic carbocycles. The van der Waals surface area contributed by atoms with Crippen LogP contribution in [-0.4, -0.2) is 110 Å². The molecule has 1 saturated heterocycles. The molecule has 2 aliphatic heterocycles. The fourth-order valence-corrected chi connectivity index (χ4v) is 9.50. The molecule has 3 fully saturated rings. The monoisotopic (exact) mass is 883 g/mol. The second-order valence-corrected chi connectivity index (χ2v) is 19.2. The lowest BCUT2D eigenvalue weighted by molar-refractivity contribution is -0.244. The number of allylic oxidation sites excluding steroid dienone is 1. The van der Waals surface area contributed by atoms with Crippen molar-refractivity contribution in [2.24, 2.45) is 17.8 Å². The van der Waals surface area contributed by atoms with Crippen LogP contribution in [0.15, 0.2) is 36.4 Å². The SMILES string of the molecule is CC[C@@H]1C[C@@H](C)CC/C=C\[C@@H]2C[C@@]2(C(=O)NS(=O)(=O)C2(CF)CC2)NC(=O)[C@@H]2C[C@@H](Oc3nc(OC)cc4cc(OC)ccc34)CN2C(=O)[C@H]1NC(=O)OC(C)(C)C(F)(F)F. The minimum absolute atomic E-state index is 0.00146. The molecule has 20 heteroatoms. The van der Waals surface area contributed by atoms with Crippen LogP contribution in [0.25, 0.3) is 10.8 Å². The fraction of sp³-hybridized carbons (Fsp3) is 0.634. The molecule has 2 saturated carbocycles. The van der Waals surface area contributed by atoms with Crippen molar-refractivity contribution in [1.29, 1.82) is 0 Å². The molecular weight excluding hydrogens is 831 g/mol. The third-order valence-corrected chi connectivity index (χ3v) is 14.5. The van der Waals surface area contributed by atoms with Crippen LogP contribution in [0.5, 0.6) is 17.5 Å². The Morgan fingerprint density at radius 3 is 2.43 bits per heavy atom. The molecule has 4 aliphatic rings. The van der Waals surface area contributed by atoms with Gasteiger partial charge in [-0.2, -0.15) is 18.2 Å². The molecule has 6 rings (SSSR count). The van der Waals surface area contributed by atoms with E-state index in [0.717, 1.165) is 4.90 Å². The summed E-state index contributed by atoms with van der Waals surface area (Å²) in [6.45, 7) is 3.57. The number of hydrogen-bond donors (Lipinski definition) is 3. The Balaban J connectivity index is 1.39. The van der Waals surface area contributed by atoms with Crippen LogP contribution in [0.3, 0.4) is 0 Å². The van der Waals surface area contributed by atoms with Crippen molar-refractivity contribution in [3.63, 3.8) is 0 Å². The Hall–Kier alpha value is -4.88. The van der Waals surface area contributed by atoms with E-state index < -0.39 is 92.6 Å². The smallest absolute Gasteiger partial charge is 0.427 e. The number of benzene rings is 1. The Kier molecular flexibility index (Phi) is 12.8. The first-order valence-corrected chi connectivity index (χ1v) is 21.8. The summed E-state index contributed by atoms with van der Waals surface area (Å²) in [7, 11) is -1.57. The highest BCUT2D eigenvalue weighted by Crippen LogP contribution is 2.48. The fourth-order valence-electron chi connectivity index (χ4n) is 8.08. The molecule has 2 aromatic rings. The first-order chi connectivity index (χ1) is 28.6. The summed E-state index contributed by atoms with van der Waals surface area (Å²) < 4.78 is 104. The molecular formula is C41H53F4N5O10S. The number of ether oxygens (including phenoxy) is 4. The summed E-state index contributed by atoms with van der Waals surface area (Å²) in [5.41, 5.74) is -4.70. The maximum atomic E-state index is 15.0. The number of alkyl halides is 4. The number of carbonyl (C=O) groups excluding carboxylic acids is 4. The molecule has 15 nitrogen and oxygen atoms in total. The lowest BCUT2D eigenvalue weighted by atomic mass is 9.85. The van der Waals surface area contributed by atoms with Gasteiger partial charge in [-0.3, -0.25) is 19.1 Å². The molecule has 2 aliphatic carbocycles. The number of pyridine rings is 1. The van der Waals surface area contributed by atoms with Crippen molar-refractivity contribution in [3.8, 4) is 17.5 Å². The van der Waals surface area contributed by atoms with E-state index in [9.17, 15) is 45.2 Å². The second kappa shape index (κ2) is 17.1. The maximum Gasteiger partial charge on any atom is 0.427 e. The summed E-state index contributed by atoms with van der Waals surface area (Å²) in [5, 5.41) is 6.29. The highest BCUT2D eigenvalue weighted by Gasteiger charge is 2.64. The minimum atomic E-state index is -4.94. The number of hydrogen-bond acceptors (Lipinski definition) is 11. The van der Waals surface area contributed by atoms with Crippen molar-refractivity contribution in [2.45, 2.75) is 119 Å². The molecule has 4 amide bonds. The molecule has 0 spiro atoms. The van der Waals surface area contributed by atoms with Gasteiger partial charge in [0, 0.05) is 23.8 Å². The van der Waals surface area contributed by atoms with Gasteiger partial charge < -0.3 is 34.5 Å². The topological polar surface area (TPSA) is 192 Å². The van der Waals surface area contributed by atoms with E-state index in [4.69, 9.17) is 18.9 Å². The van der Waals surface area contributed by atoms with Gasteiger partial charge in [0.15, 0.2) is 0 Å². The third kappa shape index (κ3) is 9.33. The van der Waals surface area contributed by atoms with Gasteiger partial charge in [-0.25, -0.2) is 17.6 Å². The third-order valence-electron chi connectivity index (χ3n) is 12.4. The number of alkyl carbamates (subject to hydrolysis) is 1. The van der Waals surface area contributed by atoms with Crippen LogP contribution in [-0.2, 0) is 29.1 Å². The van der Waals surface area contributed by atoms with E-state index in [0.29, 0.717) is 56.1 Å². The number of carbonyl (C=O) groups is 4. The average Bonchev–Trinajstić information content (AvgIpc) is 4.11. The van der Waals surface area contributed by atoms with Crippen LogP contribution in [0.1, 0.15) is 79.1 Å². The molecule has 3 heterocycles. The van der Waals surface area contributed by atoms with Gasteiger partial charge in [-0.05, 0) is 87.8 Å². The lowest BCUT2D eigenvalue weighted by Gasteiger charge is -2.35. The molecule has 1 aromatic heterocycles. The molecule has 0 unspecified atom stereocenters. The van der Waals surface area contributed by atoms with Crippen LogP contribution in [0.2, 0.25) is 0 Å². The van der Waals surface area contributed by atoms with Gasteiger partial charge >= 0.3 is 12.3 Å². The van der Waals surface area contributed by atoms with Gasteiger partial charge in [-0.1, -0.05) is 32.4 Å². The Labute approximate surface area is 351 Å². The Bertz CT molecular complexity index is 2160. The van der Waals surface area contributed by atoms with Crippen molar-refractivity contribution in [3.05, 3.63) is 36.4 Å². The molecule has 3 N–H and O–H groups in total. The average molecular weight is 884 g/mol. The number of aromatic nitrogens is 1. The molecule has 61 heavy (non-hydrogen) atoms. The van der Waals surface area contributed by atoms with Gasteiger partial charge in [0.05, 0.1) is 20.8 Å². The van der Waals surface area contributed by atoms with Crippen LogP contribution < -0.4 is 29.6 Å². The predicted octanol–water partition coefficient (Wildman–Crippen LogP) is 5.26. The number of sulfonamides is 1. The van der Waals surface area contributed by atoms with Crippen LogP contribution in [0.4, 0.5) is 22.4 Å². The van der Waals surface area contributed by atoms with Gasteiger partial charge in [-0.15, -0.1) is 0 Å². The Morgan fingerprint density at radius 1 is 1.08 bits per heavy atom. The summed E-state index contributed by atoms with van der Waals surface area (Å²) in [5.74, 6) is -3.31. The zero-order valence-corrected chi connectivity index (χ0v) is 35.7. The summed E-state index contributed by atoms with van der Waals surface area (Å²) >= 11 is 0. The van der Waals surface area contributed by atoms with E-state index in [1.807, 2.05) is 17.7 Å². The zero-order chi connectivity index (χ0) is 44.7. The number of halogens is 4. The number of amides is 4. The van der Waals surface area contributed by atoms with Crippen LogP contribution in [0, 0.1) is 17.8 Å². The maximum absolute atomic E-state index is 15.0. The molecule has 336 valence electrons. The van der Waals surface area contributed by atoms with E-state index in [1.54, 1.807) is 37.3 Å². The first kappa shape index (κ1) is 45.6. The van der Waals surface area contributed by atoms with E-state index in [-0.39, 0.29) is 49.9 Å². The number of nitrogens with zero attached hydrogens (tertiary/aromatic N) is 2. The lowest BCUT2D eigenvalue weighted by Crippen LogP contribution is -2.60. The first-order valence-electron chi connectivity index (χ1n) is 20.3. The molecule has 7 atom stereocenters. The van der Waals surface area contributed by atoms with Crippen molar-refractivity contribution in [1.82, 2.24) is 25.2 Å². The van der Waals surface area contributed by atoms with Crippen molar-refractivity contribution >= 4 is 44.6 Å². The predicted molar refractivity (Wildman–Crippen MR) is 213 cm³/mol. The van der Waals surface area contributed by atoms with Gasteiger partial charge in [0.25, 0.3) is 5.91 Å². The highest BCUT2D eigenvalue weighted by atomic mass is 32.2. The molecule has 0 bridgehead atoms. The summed E-state index contributed by atoms with van der Waals surface area (Å²) in [4.78, 5) is 62.4. The largest absolute Gasteiger partial charge is 0.497 e. The van der Waals surface area contributed by atoms with Crippen LogP contribution >= 0.6 is 0 Å². The Morgan fingerprint density at radius 2 is 1.80 bits per heavy atom. The molecule has 0 radical (unpaired) electrons. The summed E-state index contributed by atoms with van der Waals surface area (Å²) in [6, 6.07) is 3.89. The highest BCUT2D eigenvalue weighted by molar-refractivity contribution is 7.91. The number of methoxy groups -OCH3 is 2. The van der Waals surface area contributed by atoms with E-state index in [2.05, 4.69) is 15.6 Å². The quantitative estimate of drug-likeness (QED) is 0.197. The van der Waals surface area contributed by atoms with Gasteiger partial charge in [0.1, 0.15) is 40.9 Å². The number of fused-ring (bicyclic) bond motifs is 3. The van der Waals surface area contributed by atoms with E-state index in [1.165, 1.54) is 14.2 Å². The van der Waals surface area contributed by atoms with E-state index >= 15 is 0 Å². The minimum Gasteiger partial charge on any atom is -0.497 e. The van der Waals surface area contributed by atoms with Gasteiger partial charge in [0.2, 0.25) is 39.2 Å². The van der Waals surface area contributed by atoms with Crippen molar-refractivity contribution < 1.29 is 64.1 Å².